The first kappa shape index (κ1) is 19.9. The number of halogens is 2. The van der Waals surface area contributed by atoms with E-state index in [4.69, 9.17) is 9.84 Å². The molecule has 0 aromatic heterocycles. The predicted octanol–water partition coefficient (Wildman–Crippen LogP) is 3.64. The van der Waals surface area contributed by atoms with Crippen LogP contribution in [0.5, 0.6) is 0 Å². The van der Waals surface area contributed by atoms with Crippen molar-refractivity contribution in [3.05, 3.63) is 59.2 Å². The van der Waals surface area contributed by atoms with Gasteiger partial charge in [-0.25, -0.2) is 8.78 Å². The maximum atomic E-state index is 14.7. The lowest BCUT2D eigenvalue weighted by Gasteiger charge is -2.23. The molecule has 1 N–H and O–H groups in total. The number of aryl methyl sites for hydroxylation is 1. The third-order valence-electron chi connectivity index (χ3n) is 5.08. The van der Waals surface area contributed by atoms with Gasteiger partial charge in [-0.1, -0.05) is 12.1 Å². The first-order valence-electron chi connectivity index (χ1n) is 8.91. The SMILES string of the molecule is COC1CC(CC(=O)O)N(C(=O)c2ccc(-c3ccc(F)cc3C)c(F)c2)C1. The van der Waals surface area contributed by atoms with Crippen LogP contribution in [0.4, 0.5) is 8.78 Å². The van der Waals surface area contributed by atoms with Crippen LogP contribution >= 0.6 is 0 Å². The van der Waals surface area contributed by atoms with Gasteiger partial charge in [-0.05, 0) is 48.7 Å². The number of amides is 1. The molecule has 148 valence electrons. The van der Waals surface area contributed by atoms with Gasteiger partial charge in [0.2, 0.25) is 0 Å². The topological polar surface area (TPSA) is 66.8 Å². The van der Waals surface area contributed by atoms with E-state index in [1.165, 1.54) is 42.3 Å². The third-order valence-corrected chi connectivity index (χ3v) is 5.08. The Bertz CT molecular complexity index is 915. The molecule has 5 nitrogen and oxygen atoms in total. The minimum Gasteiger partial charge on any atom is -0.481 e. The molecular weight excluding hydrogens is 368 g/mol. The van der Waals surface area contributed by atoms with E-state index in [1.54, 1.807) is 6.92 Å². The summed E-state index contributed by atoms with van der Waals surface area (Å²) in [6.07, 6.45) is -0.0237. The molecule has 28 heavy (non-hydrogen) atoms. The van der Waals surface area contributed by atoms with E-state index in [1.807, 2.05) is 0 Å². The van der Waals surface area contributed by atoms with Crippen molar-refractivity contribution in [2.24, 2.45) is 0 Å². The van der Waals surface area contributed by atoms with Gasteiger partial charge in [0.1, 0.15) is 11.6 Å². The standard InChI is InChI=1S/C21H21F2NO4/c1-12-7-14(22)4-6-17(12)18-5-3-13(8-19(18)23)21(27)24-11-16(28-2)9-15(24)10-20(25)26/h3-8,15-16H,9-11H2,1-2H3,(H,25,26). The van der Waals surface area contributed by atoms with Gasteiger partial charge in [-0.2, -0.15) is 0 Å². The molecule has 0 radical (unpaired) electrons. The lowest BCUT2D eigenvalue weighted by molar-refractivity contribution is -0.138. The van der Waals surface area contributed by atoms with Crippen LogP contribution in [-0.2, 0) is 9.53 Å². The van der Waals surface area contributed by atoms with Crippen LogP contribution < -0.4 is 0 Å². The lowest BCUT2D eigenvalue weighted by Crippen LogP contribution is -2.37. The van der Waals surface area contributed by atoms with Crippen molar-refractivity contribution in [2.45, 2.75) is 31.9 Å². The number of carbonyl (C=O) groups is 2. The maximum Gasteiger partial charge on any atom is 0.305 e. The number of nitrogens with zero attached hydrogens (tertiary/aromatic N) is 1. The van der Waals surface area contributed by atoms with Crippen molar-refractivity contribution in [2.75, 3.05) is 13.7 Å². The molecule has 3 rings (SSSR count). The number of aliphatic carboxylic acids is 1. The Balaban J connectivity index is 1.88. The highest BCUT2D eigenvalue weighted by atomic mass is 19.1. The third kappa shape index (κ3) is 4.04. The quantitative estimate of drug-likeness (QED) is 0.848. The Morgan fingerprint density at radius 3 is 2.50 bits per heavy atom. The smallest absolute Gasteiger partial charge is 0.305 e. The number of ether oxygens (including phenoxy) is 1. The molecule has 0 bridgehead atoms. The fourth-order valence-electron chi connectivity index (χ4n) is 3.65. The molecule has 1 aliphatic rings. The summed E-state index contributed by atoms with van der Waals surface area (Å²) in [6.45, 7) is 1.94. The van der Waals surface area contributed by atoms with Gasteiger partial charge in [-0.3, -0.25) is 9.59 Å². The summed E-state index contributed by atoms with van der Waals surface area (Å²) >= 11 is 0. The highest BCUT2D eigenvalue weighted by molar-refractivity contribution is 5.95. The van der Waals surface area contributed by atoms with Crippen LogP contribution in [0.1, 0.15) is 28.8 Å². The van der Waals surface area contributed by atoms with E-state index in [2.05, 4.69) is 0 Å². The number of rotatable bonds is 5. The fraction of sp³-hybridized carbons (Fsp3) is 0.333. The molecule has 0 spiro atoms. The van der Waals surface area contributed by atoms with Crippen molar-refractivity contribution in [1.82, 2.24) is 4.90 Å². The Morgan fingerprint density at radius 1 is 1.18 bits per heavy atom. The Kier molecular flexibility index (Phi) is 5.74. The van der Waals surface area contributed by atoms with E-state index in [0.717, 1.165) is 6.07 Å². The summed E-state index contributed by atoms with van der Waals surface area (Å²) in [6, 6.07) is 7.69. The molecule has 1 aliphatic heterocycles. The highest BCUT2D eigenvalue weighted by Gasteiger charge is 2.37. The number of likely N-dealkylation sites (tertiary alicyclic amines) is 1. The molecular formula is C21H21F2NO4. The van der Waals surface area contributed by atoms with E-state index in [0.29, 0.717) is 17.5 Å². The molecule has 7 heteroatoms. The van der Waals surface area contributed by atoms with E-state index in [9.17, 15) is 18.4 Å². The number of benzene rings is 2. The molecule has 2 atom stereocenters. The molecule has 1 amide bonds. The first-order valence-corrected chi connectivity index (χ1v) is 8.91. The number of hydrogen-bond donors (Lipinski definition) is 1. The second-order valence-electron chi connectivity index (χ2n) is 6.96. The normalized spacial score (nSPS) is 19.1. The monoisotopic (exact) mass is 389 g/mol. The van der Waals surface area contributed by atoms with Crippen LogP contribution in [0.2, 0.25) is 0 Å². The van der Waals surface area contributed by atoms with Gasteiger partial charge in [0.15, 0.2) is 0 Å². The summed E-state index contributed by atoms with van der Waals surface area (Å²) in [5.74, 6) is -2.45. The second kappa shape index (κ2) is 8.06. The predicted molar refractivity (Wildman–Crippen MR) is 99.0 cm³/mol. The van der Waals surface area contributed by atoms with Crippen LogP contribution in [-0.4, -0.2) is 47.7 Å². The zero-order chi connectivity index (χ0) is 20.4. The van der Waals surface area contributed by atoms with Gasteiger partial charge in [0, 0.05) is 30.8 Å². The number of carboxylic acid groups (broad SMARTS) is 1. The Hall–Kier alpha value is -2.80. The van der Waals surface area contributed by atoms with Crippen molar-refractivity contribution >= 4 is 11.9 Å². The summed E-state index contributed by atoms with van der Waals surface area (Å²) in [7, 11) is 1.51. The molecule has 0 aliphatic carbocycles. The second-order valence-corrected chi connectivity index (χ2v) is 6.96. The van der Waals surface area contributed by atoms with E-state index in [-0.39, 0.29) is 30.2 Å². The number of carbonyl (C=O) groups excluding carboxylic acids is 1. The minimum atomic E-state index is -1.01. The van der Waals surface area contributed by atoms with Gasteiger partial charge < -0.3 is 14.7 Å². The number of hydrogen-bond acceptors (Lipinski definition) is 3. The Labute approximate surface area is 161 Å². The molecule has 2 unspecified atom stereocenters. The van der Waals surface area contributed by atoms with Crippen LogP contribution in [0.25, 0.3) is 11.1 Å². The highest BCUT2D eigenvalue weighted by Crippen LogP contribution is 2.29. The van der Waals surface area contributed by atoms with E-state index >= 15 is 0 Å². The fourth-order valence-corrected chi connectivity index (χ4v) is 3.65. The van der Waals surface area contributed by atoms with Gasteiger partial charge in [0.25, 0.3) is 5.91 Å². The Morgan fingerprint density at radius 2 is 1.89 bits per heavy atom. The molecule has 2 aromatic carbocycles. The van der Waals surface area contributed by atoms with E-state index < -0.39 is 29.6 Å². The molecule has 1 saturated heterocycles. The average Bonchev–Trinajstić information content (AvgIpc) is 3.04. The van der Waals surface area contributed by atoms with Crippen molar-refractivity contribution in [3.8, 4) is 11.1 Å². The summed E-state index contributed by atoms with van der Waals surface area (Å²) in [4.78, 5) is 25.4. The van der Waals surface area contributed by atoms with Crippen LogP contribution in [0, 0.1) is 18.6 Å². The summed E-state index contributed by atoms with van der Waals surface area (Å²) in [5.41, 5.74) is 1.53. The molecule has 1 fully saturated rings. The largest absolute Gasteiger partial charge is 0.481 e. The molecule has 0 saturated carbocycles. The number of carboxylic acids is 1. The van der Waals surface area contributed by atoms with Crippen molar-refractivity contribution in [1.29, 1.82) is 0 Å². The number of methoxy groups -OCH3 is 1. The zero-order valence-corrected chi connectivity index (χ0v) is 15.6. The summed E-state index contributed by atoms with van der Waals surface area (Å²) in [5, 5.41) is 9.09. The summed E-state index contributed by atoms with van der Waals surface area (Å²) < 4.78 is 33.3. The maximum absolute atomic E-state index is 14.7. The average molecular weight is 389 g/mol. The van der Waals surface area contributed by atoms with Gasteiger partial charge in [0.05, 0.1) is 12.5 Å². The minimum absolute atomic E-state index is 0.133. The van der Waals surface area contributed by atoms with Crippen molar-refractivity contribution in [3.63, 3.8) is 0 Å². The van der Waals surface area contributed by atoms with Crippen LogP contribution in [0.15, 0.2) is 36.4 Å². The van der Waals surface area contributed by atoms with Gasteiger partial charge >= 0.3 is 5.97 Å². The van der Waals surface area contributed by atoms with Crippen LogP contribution in [0.3, 0.4) is 0 Å². The van der Waals surface area contributed by atoms with Gasteiger partial charge in [-0.15, -0.1) is 0 Å². The molecule has 1 heterocycles. The first-order chi connectivity index (χ1) is 13.3. The zero-order valence-electron chi connectivity index (χ0n) is 15.6. The molecule has 2 aromatic rings. The lowest BCUT2D eigenvalue weighted by atomic mass is 9.98. The van der Waals surface area contributed by atoms with Crippen molar-refractivity contribution < 1.29 is 28.2 Å².